The highest BCUT2D eigenvalue weighted by Crippen LogP contribution is 2.15. The summed E-state index contributed by atoms with van der Waals surface area (Å²) in [5.74, 6) is 0.891. The molecule has 3 aromatic rings. The van der Waals surface area contributed by atoms with Gasteiger partial charge in [0.25, 0.3) is 0 Å². The molecule has 0 saturated heterocycles. The van der Waals surface area contributed by atoms with Gasteiger partial charge in [-0.25, -0.2) is 0 Å². The molecule has 0 aliphatic carbocycles. The van der Waals surface area contributed by atoms with E-state index >= 15 is 0 Å². The molecule has 0 aliphatic heterocycles. The summed E-state index contributed by atoms with van der Waals surface area (Å²) in [6.07, 6.45) is 13.9. The second-order valence-electron chi connectivity index (χ2n) is 8.30. The Morgan fingerprint density at radius 1 is 0.727 bits per heavy atom. The molecule has 2 nitrogen and oxygen atoms in total. The molecule has 0 spiro atoms. The zero-order valence-electron chi connectivity index (χ0n) is 19.4. The standard InChI is InChI=1S/C31H34O2/c1-2-26-15-17-27(18-16-26)12-8-5-3-4-6-11-25-33-30-22-19-28(20-23-30)21-24-31(32)29-13-9-7-10-14-29/h2,7,9-10,13-24H,1,3-6,8,11-12,25H2/b24-21+. The number of aryl methyl sites for hydroxylation is 1. The highest BCUT2D eigenvalue weighted by Gasteiger charge is 2.00. The quantitative estimate of drug-likeness (QED) is 0.144. The van der Waals surface area contributed by atoms with Crippen molar-refractivity contribution in [2.24, 2.45) is 0 Å². The fraction of sp³-hybridized carbons (Fsp3) is 0.258. The van der Waals surface area contributed by atoms with Gasteiger partial charge in [-0.1, -0.05) is 111 Å². The van der Waals surface area contributed by atoms with E-state index in [0.717, 1.165) is 30.8 Å². The number of ketones is 1. The molecule has 3 rings (SSSR count). The van der Waals surface area contributed by atoms with Gasteiger partial charge < -0.3 is 4.74 Å². The van der Waals surface area contributed by atoms with Gasteiger partial charge in [-0.05, 0) is 54.2 Å². The molecule has 2 heteroatoms. The lowest BCUT2D eigenvalue weighted by molar-refractivity contribution is 0.104. The third-order valence-corrected chi connectivity index (χ3v) is 5.71. The Morgan fingerprint density at radius 3 is 2.06 bits per heavy atom. The van der Waals surface area contributed by atoms with Gasteiger partial charge in [0, 0.05) is 5.56 Å². The molecule has 0 aromatic heterocycles. The van der Waals surface area contributed by atoms with Crippen LogP contribution in [0.3, 0.4) is 0 Å². The number of hydrogen-bond acceptors (Lipinski definition) is 2. The van der Waals surface area contributed by atoms with Crippen LogP contribution in [0.4, 0.5) is 0 Å². The minimum absolute atomic E-state index is 0.0121. The van der Waals surface area contributed by atoms with Crippen molar-refractivity contribution < 1.29 is 9.53 Å². The normalized spacial score (nSPS) is 10.9. The maximum atomic E-state index is 12.1. The zero-order chi connectivity index (χ0) is 23.1. The fourth-order valence-corrected chi connectivity index (χ4v) is 3.69. The first-order valence-corrected chi connectivity index (χ1v) is 12.0. The Balaban J connectivity index is 1.24. The summed E-state index contributed by atoms with van der Waals surface area (Å²) in [6, 6.07) is 25.9. The summed E-state index contributed by atoms with van der Waals surface area (Å²) in [4.78, 5) is 12.1. The predicted molar refractivity (Wildman–Crippen MR) is 140 cm³/mol. The largest absolute Gasteiger partial charge is 0.494 e. The molecule has 0 aliphatic rings. The molecule has 0 saturated carbocycles. The molecule has 0 heterocycles. The van der Waals surface area contributed by atoms with Gasteiger partial charge in [-0.2, -0.15) is 0 Å². The first-order chi connectivity index (χ1) is 16.2. The van der Waals surface area contributed by atoms with Gasteiger partial charge in [0.1, 0.15) is 5.75 Å². The first-order valence-electron chi connectivity index (χ1n) is 12.0. The summed E-state index contributed by atoms with van der Waals surface area (Å²) in [5, 5.41) is 0. The summed E-state index contributed by atoms with van der Waals surface area (Å²) in [6.45, 7) is 4.54. The molecule has 0 radical (unpaired) electrons. The topological polar surface area (TPSA) is 26.3 Å². The van der Waals surface area contributed by atoms with E-state index in [1.165, 1.54) is 43.2 Å². The number of rotatable bonds is 14. The Labute approximate surface area is 198 Å². The van der Waals surface area contributed by atoms with Gasteiger partial charge in [-0.3, -0.25) is 4.79 Å². The summed E-state index contributed by atoms with van der Waals surface area (Å²) < 4.78 is 5.86. The number of carbonyl (C=O) groups excluding carboxylic acids is 1. The average Bonchev–Trinajstić information content (AvgIpc) is 2.88. The summed E-state index contributed by atoms with van der Waals surface area (Å²) >= 11 is 0. The van der Waals surface area contributed by atoms with E-state index in [0.29, 0.717) is 5.56 Å². The average molecular weight is 439 g/mol. The van der Waals surface area contributed by atoms with Crippen LogP contribution >= 0.6 is 0 Å². The van der Waals surface area contributed by atoms with Crippen LogP contribution in [-0.2, 0) is 6.42 Å². The molecular formula is C31H34O2. The minimum Gasteiger partial charge on any atom is -0.494 e. The predicted octanol–water partition coefficient (Wildman–Crippen LogP) is 8.19. The SMILES string of the molecule is C=Cc1ccc(CCCCCCCCOc2ccc(/C=C/C(=O)c3ccccc3)cc2)cc1. The Morgan fingerprint density at radius 2 is 1.36 bits per heavy atom. The van der Waals surface area contributed by atoms with Gasteiger partial charge in [0.15, 0.2) is 5.78 Å². The molecular weight excluding hydrogens is 404 g/mol. The van der Waals surface area contributed by atoms with Crippen LogP contribution in [0.15, 0.2) is 91.5 Å². The molecule has 0 bridgehead atoms. The second-order valence-corrected chi connectivity index (χ2v) is 8.30. The van der Waals surface area contributed by atoms with E-state index in [4.69, 9.17) is 4.74 Å². The van der Waals surface area contributed by atoms with Crippen molar-refractivity contribution >= 4 is 17.9 Å². The number of hydrogen-bond donors (Lipinski definition) is 0. The second kappa shape index (κ2) is 13.9. The highest BCUT2D eigenvalue weighted by molar-refractivity contribution is 6.06. The highest BCUT2D eigenvalue weighted by atomic mass is 16.5. The van der Waals surface area contributed by atoms with Crippen LogP contribution in [0.25, 0.3) is 12.2 Å². The van der Waals surface area contributed by atoms with E-state index in [2.05, 4.69) is 30.8 Å². The minimum atomic E-state index is 0.0121. The number of carbonyl (C=O) groups is 1. The van der Waals surface area contributed by atoms with Crippen molar-refractivity contribution in [3.8, 4) is 5.75 Å². The smallest absolute Gasteiger partial charge is 0.185 e. The van der Waals surface area contributed by atoms with Crippen LogP contribution in [0, 0.1) is 0 Å². The zero-order valence-corrected chi connectivity index (χ0v) is 19.4. The third kappa shape index (κ3) is 8.94. The van der Waals surface area contributed by atoms with Crippen molar-refractivity contribution in [2.45, 2.75) is 44.9 Å². The van der Waals surface area contributed by atoms with Crippen molar-refractivity contribution in [1.82, 2.24) is 0 Å². The van der Waals surface area contributed by atoms with E-state index < -0.39 is 0 Å². The Kier molecular flexibility index (Phi) is 10.2. The number of unbranched alkanes of at least 4 members (excludes halogenated alkanes) is 5. The van der Waals surface area contributed by atoms with Gasteiger partial charge in [0.05, 0.1) is 6.61 Å². The van der Waals surface area contributed by atoms with Crippen molar-refractivity contribution in [2.75, 3.05) is 6.61 Å². The maximum Gasteiger partial charge on any atom is 0.185 e. The lowest BCUT2D eigenvalue weighted by Gasteiger charge is -2.07. The monoisotopic (exact) mass is 438 g/mol. The van der Waals surface area contributed by atoms with Crippen LogP contribution in [0.1, 0.15) is 65.6 Å². The summed E-state index contributed by atoms with van der Waals surface area (Å²) in [5.41, 5.74) is 4.29. The number of ether oxygens (including phenoxy) is 1. The van der Waals surface area contributed by atoms with Crippen molar-refractivity contribution in [3.63, 3.8) is 0 Å². The van der Waals surface area contributed by atoms with Crippen molar-refractivity contribution in [1.29, 1.82) is 0 Å². The van der Waals surface area contributed by atoms with Crippen molar-refractivity contribution in [3.05, 3.63) is 114 Å². The molecule has 33 heavy (non-hydrogen) atoms. The number of allylic oxidation sites excluding steroid dienone is 1. The lowest BCUT2D eigenvalue weighted by Crippen LogP contribution is -1.97. The number of benzene rings is 3. The van der Waals surface area contributed by atoms with Crippen LogP contribution in [0.2, 0.25) is 0 Å². The maximum absolute atomic E-state index is 12.1. The molecule has 0 N–H and O–H groups in total. The van der Waals surface area contributed by atoms with E-state index in [-0.39, 0.29) is 5.78 Å². The van der Waals surface area contributed by atoms with E-state index in [9.17, 15) is 4.79 Å². The molecule has 0 fully saturated rings. The summed E-state index contributed by atoms with van der Waals surface area (Å²) in [7, 11) is 0. The molecule has 0 atom stereocenters. The van der Waals surface area contributed by atoms with Gasteiger partial charge in [0.2, 0.25) is 0 Å². The van der Waals surface area contributed by atoms with E-state index in [1.807, 2.05) is 66.7 Å². The molecule has 170 valence electrons. The van der Waals surface area contributed by atoms with Crippen LogP contribution in [0.5, 0.6) is 5.75 Å². The fourth-order valence-electron chi connectivity index (χ4n) is 3.69. The van der Waals surface area contributed by atoms with Crippen LogP contribution in [-0.4, -0.2) is 12.4 Å². The van der Waals surface area contributed by atoms with Gasteiger partial charge in [-0.15, -0.1) is 0 Å². The van der Waals surface area contributed by atoms with Crippen LogP contribution < -0.4 is 4.74 Å². The van der Waals surface area contributed by atoms with E-state index in [1.54, 1.807) is 6.08 Å². The first kappa shape index (κ1) is 24.3. The third-order valence-electron chi connectivity index (χ3n) is 5.71. The Bertz CT molecular complexity index is 999. The molecule has 3 aromatic carbocycles. The molecule has 0 amide bonds. The Hall–Kier alpha value is -3.39. The molecule has 0 unspecified atom stereocenters. The lowest BCUT2D eigenvalue weighted by atomic mass is 10.0. The van der Waals surface area contributed by atoms with Gasteiger partial charge >= 0.3 is 0 Å².